The number of carbonyl (C=O) groups is 1. The molecule has 78 valence electrons. The highest BCUT2D eigenvalue weighted by Gasteiger charge is 2.22. The molecular formula is C11H23NO. The van der Waals surface area contributed by atoms with Crippen LogP contribution in [0.4, 0.5) is 0 Å². The van der Waals surface area contributed by atoms with Crippen LogP contribution in [-0.2, 0) is 4.79 Å². The molecule has 0 atom stereocenters. The minimum atomic E-state index is 0.380. The Balaban J connectivity index is 0.000000671. The van der Waals surface area contributed by atoms with Gasteiger partial charge in [-0.15, -0.1) is 0 Å². The van der Waals surface area contributed by atoms with Crippen LogP contribution in [0.15, 0.2) is 0 Å². The van der Waals surface area contributed by atoms with E-state index in [0.29, 0.717) is 5.92 Å². The Hall–Kier alpha value is -0.370. The highest BCUT2D eigenvalue weighted by atomic mass is 16.1. The van der Waals surface area contributed by atoms with Crippen LogP contribution in [0, 0.1) is 17.8 Å². The van der Waals surface area contributed by atoms with Crippen LogP contribution in [0.1, 0.15) is 39.5 Å². The maximum Gasteiger partial charge on any atom is 0.123 e. The zero-order valence-corrected chi connectivity index (χ0v) is 9.12. The normalized spacial score (nSPS) is 27.8. The van der Waals surface area contributed by atoms with Gasteiger partial charge < -0.3 is 10.5 Å². The minimum absolute atomic E-state index is 0.380. The van der Waals surface area contributed by atoms with Gasteiger partial charge in [-0.1, -0.05) is 13.8 Å². The fourth-order valence-electron chi connectivity index (χ4n) is 1.95. The summed E-state index contributed by atoms with van der Waals surface area (Å²) in [5, 5.41) is 0. The topological polar surface area (TPSA) is 43.1 Å². The summed E-state index contributed by atoms with van der Waals surface area (Å²) in [6.45, 7) is 4.57. The van der Waals surface area contributed by atoms with Gasteiger partial charge in [-0.25, -0.2) is 0 Å². The van der Waals surface area contributed by atoms with E-state index < -0.39 is 0 Å². The Morgan fingerprint density at radius 1 is 1.15 bits per heavy atom. The lowest BCUT2D eigenvalue weighted by molar-refractivity contribution is -0.112. The van der Waals surface area contributed by atoms with E-state index in [1.165, 1.54) is 19.9 Å². The van der Waals surface area contributed by atoms with E-state index in [2.05, 4.69) is 19.6 Å². The van der Waals surface area contributed by atoms with E-state index in [0.717, 1.165) is 31.0 Å². The third-order valence-electron chi connectivity index (χ3n) is 2.95. The smallest absolute Gasteiger partial charge is 0.123 e. The molecule has 0 aromatic rings. The summed E-state index contributed by atoms with van der Waals surface area (Å²) in [6.07, 6.45) is 5.93. The van der Waals surface area contributed by atoms with Crippen LogP contribution >= 0.6 is 0 Å². The van der Waals surface area contributed by atoms with E-state index in [9.17, 15) is 4.79 Å². The first kappa shape index (κ1) is 12.6. The first-order chi connectivity index (χ1) is 6.24. The van der Waals surface area contributed by atoms with E-state index in [-0.39, 0.29) is 0 Å². The zero-order chi connectivity index (χ0) is 10.3. The van der Waals surface area contributed by atoms with Gasteiger partial charge in [0.2, 0.25) is 0 Å². The summed E-state index contributed by atoms with van der Waals surface area (Å²) < 4.78 is 0. The van der Waals surface area contributed by atoms with Crippen molar-refractivity contribution in [1.82, 2.24) is 0 Å². The lowest BCUT2D eigenvalue weighted by Crippen LogP contribution is -2.19. The van der Waals surface area contributed by atoms with Gasteiger partial charge in [-0.05, 0) is 44.6 Å². The van der Waals surface area contributed by atoms with Crippen molar-refractivity contribution in [3.63, 3.8) is 0 Å². The van der Waals surface area contributed by atoms with Crippen molar-refractivity contribution in [2.24, 2.45) is 23.5 Å². The summed E-state index contributed by atoms with van der Waals surface area (Å²) in [4.78, 5) is 10.4. The molecule has 0 amide bonds. The third kappa shape index (κ3) is 4.41. The molecular weight excluding hydrogens is 162 g/mol. The molecule has 0 radical (unpaired) electrons. The van der Waals surface area contributed by atoms with Gasteiger partial charge in [0, 0.05) is 5.92 Å². The standard InChI is InChI=1S/C10H18O.CH5N/c1-8(2)10-5-3-9(7-11)4-6-10;1-2/h7-10H,3-6H2,1-2H3;2H2,1H3. The number of aldehydes is 1. The molecule has 2 heteroatoms. The maximum atomic E-state index is 10.4. The molecule has 0 aliphatic heterocycles. The monoisotopic (exact) mass is 185 g/mol. The second-order valence-electron chi connectivity index (χ2n) is 4.05. The predicted octanol–water partition coefficient (Wildman–Crippen LogP) is 2.22. The first-order valence-corrected chi connectivity index (χ1v) is 5.27. The zero-order valence-electron chi connectivity index (χ0n) is 9.12. The van der Waals surface area contributed by atoms with Crippen LogP contribution < -0.4 is 5.73 Å². The lowest BCUT2D eigenvalue weighted by atomic mass is 9.77. The van der Waals surface area contributed by atoms with Crippen molar-refractivity contribution in [2.45, 2.75) is 39.5 Å². The van der Waals surface area contributed by atoms with Crippen molar-refractivity contribution in [2.75, 3.05) is 7.05 Å². The fraction of sp³-hybridized carbons (Fsp3) is 0.909. The molecule has 1 fully saturated rings. The summed E-state index contributed by atoms with van der Waals surface area (Å²) >= 11 is 0. The van der Waals surface area contributed by atoms with Crippen molar-refractivity contribution >= 4 is 6.29 Å². The van der Waals surface area contributed by atoms with Gasteiger partial charge >= 0.3 is 0 Å². The predicted molar refractivity (Wildman–Crippen MR) is 56.5 cm³/mol. The van der Waals surface area contributed by atoms with E-state index in [1.54, 1.807) is 0 Å². The van der Waals surface area contributed by atoms with Gasteiger partial charge in [-0.2, -0.15) is 0 Å². The summed E-state index contributed by atoms with van der Waals surface area (Å²) in [5.74, 6) is 2.07. The molecule has 0 heterocycles. The maximum absolute atomic E-state index is 10.4. The van der Waals surface area contributed by atoms with Crippen LogP contribution in [-0.4, -0.2) is 13.3 Å². The van der Waals surface area contributed by atoms with Gasteiger partial charge in [0.25, 0.3) is 0 Å². The van der Waals surface area contributed by atoms with E-state index >= 15 is 0 Å². The number of hydrogen-bond donors (Lipinski definition) is 1. The molecule has 1 aliphatic rings. The van der Waals surface area contributed by atoms with Crippen LogP contribution in [0.3, 0.4) is 0 Å². The molecule has 1 aliphatic carbocycles. The molecule has 2 nitrogen and oxygen atoms in total. The van der Waals surface area contributed by atoms with Crippen molar-refractivity contribution in [3.05, 3.63) is 0 Å². The molecule has 1 saturated carbocycles. The number of nitrogens with two attached hydrogens (primary N) is 1. The van der Waals surface area contributed by atoms with Gasteiger partial charge in [0.05, 0.1) is 0 Å². The average molecular weight is 185 g/mol. The molecule has 0 bridgehead atoms. The minimum Gasteiger partial charge on any atom is -0.333 e. The second-order valence-corrected chi connectivity index (χ2v) is 4.05. The van der Waals surface area contributed by atoms with Gasteiger partial charge in [0.1, 0.15) is 6.29 Å². The molecule has 0 unspecified atom stereocenters. The molecule has 0 aromatic heterocycles. The molecule has 0 saturated heterocycles. The molecule has 0 spiro atoms. The largest absolute Gasteiger partial charge is 0.333 e. The third-order valence-corrected chi connectivity index (χ3v) is 2.95. The van der Waals surface area contributed by atoms with Crippen LogP contribution in [0.2, 0.25) is 0 Å². The summed E-state index contributed by atoms with van der Waals surface area (Å²) in [7, 11) is 1.50. The Morgan fingerprint density at radius 3 is 1.92 bits per heavy atom. The lowest BCUT2D eigenvalue weighted by Gasteiger charge is -2.28. The Morgan fingerprint density at radius 2 is 1.62 bits per heavy atom. The van der Waals surface area contributed by atoms with Crippen molar-refractivity contribution < 1.29 is 4.79 Å². The van der Waals surface area contributed by atoms with Crippen LogP contribution in [0.25, 0.3) is 0 Å². The highest BCUT2D eigenvalue weighted by molar-refractivity contribution is 5.53. The second kappa shape index (κ2) is 7.07. The summed E-state index contributed by atoms with van der Waals surface area (Å²) in [6, 6.07) is 0. The Labute approximate surface area is 81.9 Å². The Bertz CT molecular complexity index is 126. The SMILES string of the molecule is CC(C)C1CCC(C=O)CC1.CN. The number of carbonyl (C=O) groups excluding carboxylic acids is 1. The van der Waals surface area contributed by atoms with Crippen molar-refractivity contribution in [3.8, 4) is 0 Å². The highest BCUT2D eigenvalue weighted by Crippen LogP contribution is 2.31. The van der Waals surface area contributed by atoms with Gasteiger partial charge in [-0.3, -0.25) is 0 Å². The summed E-state index contributed by atoms with van der Waals surface area (Å²) in [5.41, 5.74) is 4.50. The van der Waals surface area contributed by atoms with Crippen LogP contribution in [0.5, 0.6) is 0 Å². The first-order valence-electron chi connectivity index (χ1n) is 5.27. The fourth-order valence-corrected chi connectivity index (χ4v) is 1.95. The van der Waals surface area contributed by atoms with E-state index in [4.69, 9.17) is 0 Å². The van der Waals surface area contributed by atoms with E-state index in [1.807, 2.05) is 0 Å². The molecule has 0 aromatic carbocycles. The molecule has 1 rings (SSSR count). The average Bonchev–Trinajstić information content (AvgIpc) is 2.21. The number of rotatable bonds is 2. The Kier molecular flexibility index (Phi) is 6.87. The quantitative estimate of drug-likeness (QED) is 0.670. The molecule has 13 heavy (non-hydrogen) atoms. The molecule has 2 N–H and O–H groups in total. The van der Waals surface area contributed by atoms with Crippen molar-refractivity contribution in [1.29, 1.82) is 0 Å². The van der Waals surface area contributed by atoms with Gasteiger partial charge in [0.15, 0.2) is 0 Å². The number of hydrogen-bond acceptors (Lipinski definition) is 2.